The predicted octanol–water partition coefficient (Wildman–Crippen LogP) is 2.25. The fourth-order valence-electron chi connectivity index (χ4n) is 0.964. The molecule has 0 amide bonds. The highest BCUT2D eigenvalue weighted by Crippen LogP contribution is 2.36. The Morgan fingerprint density at radius 3 is 2.12 bits per heavy atom. The zero-order valence-electron chi connectivity index (χ0n) is 7.35. The molecule has 16 heavy (non-hydrogen) atoms. The van der Waals surface area contributed by atoms with Gasteiger partial charge in [0, 0.05) is 4.47 Å². The number of nitrogens with two attached hydrogens (primary N) is 1. The van der Waals surface area contributed by atoms with Crippen molar-refractivity contribution in [1.29, 1.82) is 0 Å². The van der Waals surface area contributed by atoms with Crippen LogP contribution in [0.3, 0.4) is 0 Å². The number of alkyl halides is 3. The van der Waals surface area contributed by atoms with Crippen molar-refractivity contribution in [2.45, 2.75) is 11.1 Å². The van der Waals surface area contributed by atoms with Crippen LogP contribution in [0.1, 0.15) is 5.56 Å². The highest BCUT2D eigenvalue weighted by molar-refractivity contribution is 9.10. The summed E-state index contributed by atoms with van der Waals surface area (Å²) in [7, 11) is -4.53. The second-order valence-corrected chi connectivity index (χ2v) is 5.19. The van der Waals surface area contributed by atoms with Crippen molar-refractivity contribution in [2.75, 3.05) is 0 Å². The predicted molar refractivity (Wildman–Crippen MR) is 50.5 cm³/mol. The molecule has 0 aliphatic heterocycles. The molecule has 9 heteroatoms. The van der Waals surface area contributed by atoms with Gasteiger partial charge in [0.15, 0.2) is 0 Å². The van der Waals surface area contributed by atoms with Crippen molar-refractivity contribution in [3.8, 4) is 0 Å². The Kier molecular flexibility index (Phi) is 3.32. The number of primary sulfonamides is 1. The first-order chi connectivity index (χ1) is 7.03. The summed E-state index contributed by atoms with van der Waals surface area (Å²) >= 11 is 2.49. The van der Waals surface area contributed by atoms with Crippen LogP contribution < -0.4 is 5.14 Å². The minimum absolute atomic E-state index is 0.148. The molecule has 1 rings (SSSR count). The van der Waals surface area contributed by atoms with Gasteiger partial charge >= 0.3 is 6.18 Å². The van der Waals surface area contributed by atoms with Crippen LogP contribution in [-0.4, -0.2) is 8.42 Å². The van der Waals surface area contributed by atoms with Crippen molar-refractivity contribution in [1.82, 2.24) is 0 Å². The first-order valence-corrected chi connectivity index (χ1v) is 5.96. The van der Waals surface area contributed by atoms with E-state index < -0.39 is 36.9 Å². The van der Waals surface area contributed by atoms with Gasteiger partial charge in [-0.05, 0) is 12.1 Å². The van der Waals surface area contributed by atoms with E-state index in [-0.39, 0.29) is 6.07 Å². The average molecular weight is 322 g/mol. The molecule has 0 fully saturated rings. The molecule has 0 heterocycles. The Labute approximate surface area is 96.4 Å². The lowest BCUT2D eigenvalue weighted by Gasteiger charge is -2.10. The zero-order valence-corrected chi connectivity index (χ0v) is 9.75. The Morgan fingerprint density at radius 1 is 1.25 bits per heavy atom. The molecule has 0 bridgehead atoms. The van der Waals surface area contributed by atoms with Crippen molar-refractivity contribution < 1.29 is 26.0 Å². The molecule has 0 radical (unpaired) electrons. The van der Waals surface area contributed by atoms with E-state index in [2.05, 4.69) is 21.1 Å². The minimum atomic E-state index is -4.80. The summed E-state index contributed by atoms with van der Waals surface area (Å²) in [6.07, 6.45) is -4.80. The van der Waals surface area contributed by atoms with Crippen LogP contribution in [-0.2, 0) is 16.2 Å². The van der Waals surface area contributed by atoms with E-state index in [0.29, 0.717) is 6.07 Å². The molecule has 0 unspecified atom stereocenters. The zero-order chi connectivity index (χ0) is 12.7. The summed E-state index contributed by atoms with van der Waals surface area (Å²) in [5.74, 6) is -1.35. The van der Waals surface area contributed by atoms with E-state index in [1.807, 2.05) is 0 Å². The summed E-state index contributed by atoms with van der Waals surface area (Å²) in [5.41, 5.74) is -1.31. The fourth-order valence-corrected chi connectivity index (χ4v) is 2.12. The van der Waals surface area contributed by atoms with E-state index in [1.165, 1.54) is 0 Å². The quantitative estimate of drug-likeness (QED) is 0.806. The Bertz CT molecular complexity index is 526. The first-order valence-electron chi connectivity index (χ1n) is 3.62. The molecule has 90 valence electrons. The second kappa shape index (κ2) is 3.97. The molecular weight excluding hydrogens is 318 g/mol. The van der Waals surface area contributed by atoms with Crippen LogP contribution >= 0.6 is 15.9 Å². The van der Waals surface area contributed by atoms with Gasteiger partial charge in [-0.1, -0.05) is 15.9 Å². The molecule has 0 aliphatic carbocycles. The molecule has 0 saturated heterocycles. The highest BCUT2D eigenvalue weighted by Gasteiger charge is 2.35. The highest BCUT2D eigenvalue weighted by atomic mass is 79.9. The van der Waals surface area contributed by atoms with Crippen LogP contribution in [0.15, 0.2) is 21.5 Å². The van der Waals surface area contributed by atoms with Gasteiger partial charge in [-0.15, -0.1) is 0 Å². The van der Waals surface area contributed by atoms with Gasteiger partial charge in [-0.3, -0.25) is 0 Å². The van der Waals surface area contributed by atoms with Gasteiger partial charge in [0.05, 0.1) is 5.56 Å². The largest absolute Gasteiger partial charge is 0.417 e. The average Bonchev–Trinajstić information content (AvgIpc) is 1.97. The monoisotopic (exact) mass is 321 g/mol. The normalized spacial score (nSPS) is 12.9. The van der Waals surface area contributed by atoms with Crippen LogP contribution in [0.4, 0.5) is 17.6 Å². The summed E-state index contributed by atoms with van der Waals surface area (Å²) in [6.45, 7) is 0. The second-order valence-electron chi connectivity index (χ2n) is 2.81. The molecule has 0 spiro atoms. The third kappa shape index (κ3) is 2.71. The summed E-state index contributed by atoms with van der Waals surface area (Å²) < 4.78 is 71.1. The smallest absolute Gasteiger partial charge is 0.225 e. The SMILES string of the molecule is NS(=O)(=O)c1cc(C(F)(F)F)c(Br)cc1F. The molecule has 0 aliphatic rings. The Balaban J connectivity index is 3.58. The molecule has 1 aromatic carbocycles. The lowest BCUT2D eigenvalue weighted by Crippen LogP contribution is -2.16. The van der Waals surface area contributed by atoms with Crippen LogP contribution in [0.25, 0.3) is 0 Å². The van der Waals surface area contributed by atoms with Crippen LogP contribution in [0.5, 0.6) is 0 Å². The van der Waals surface area contributed by atoms with E-state index in [0.717, 1.165) is 0 Å². The number of halogens is 5. The van der Waals surface area contributed by atoms with Crippen LogP contribution in [0.2, 0.25) is 0 Å². The molecule has 0 aromatic heterocycles. The maximum Gasteiger partial charge on any atom is 0.417 e. The lowest BCUT2D eigenvalue weighted by atomic mass is 10.2. The van der Waals surface area contributed by atoms with Crippen LogP contribution in [0, 0.1) is 5.82 Å². The Morgan fingerprint density at radius 2 is 1.75 bits per heavy atom. The van der Waals surface area contributed by atoms with Crippen molar-refractivity contribution in [2.24, 2.45) is 5.14 Å². The van der Waals surface area contributed by atoms with Gasteiger partial charge in [0.2, 0.25) is 10.0 Å². The molecular formula is C7H4BrF4NO2S. The van der Waals surface area contributed by atoms with Gasteiger partial charge < -0.3 is 0 Å². The van der Waals surface area contributed by atoms with Crippen molar-refractivity contribution in [3.05, 3.63) is 28.0 Å². The minimum Gasteiger partial charge on any atom is -0.225 e. The molecule has 3 nitrogen and oxygen atoms in total. The third-order valence-electron chi connectivity index (χ3n) is 1.63. The number of hydrogen-bond donors (Lipinski definition) is 1. The molecule has 0 saturated carbocycles. The van der Waals surface area contributed by atoms with E-state index in [9.17, 15) is 26.0 Å². The maximum atomic E-state index is 13.1. The van der Waals surface area contributed by atoms with Gasteiger partial charge in [-0.25, -0.2) is 17.9 Å². The fraction of sp³-hybridized carbons (Fsp3) is 0.143. The van der Waals surface area contributed by atoms with E-state index in [4.69, 9.17) is 0 Å². The summed E-state index contributed by atoms with van der Waals surface area (Å²) in [5, 5.41) is 4.57. The van der Waals surface area contributed by atoms with Gasteiger partial charge in [0.25, 0.3) is 0 Å². The molecule has 1 aromatic rings. The number of benzene rings is 1. The number of sulfonamides is 1. The van der Waals surface area contributed by atoms with E-state index >= 15 is 0 Å². The maximum absolute atomic E-state index is 13.1. The van der Waals surface area contributed by atoms with Gasteiger partial charge in [0.1, 0.15) is 10.7 Å². The van der Waals surface area contributed by atoms with Crippen molar-refractivity contribution >= 4 is 26.0 Å². The van der Waals surface area contributed by atoms with Gasteiger partial charge in [-0.2, -0.15) is 13.2 Å². The number of hydrogen-bond acceptors (Lipinski definition) is 2. The van der Waals surface area contributed by atoms with Crippen molar-refractivity contribution in [3.63, 3.8) is 0 Å². The first kappa shape index (κ1) is 13.4. The summed E-state index contributed by atoms with van der Waals surface area (Å²) in [6, 6.07) is 0.553. The Hall–Kier alpha value is -0.670. The standard InChI is InChI=1S/C7H4BrF4NO2S/c8-4-2-5(9)6(16(13,14)15)1-3(4)7(10,11)12/h1-2H,(H2,13,14,15). The lowest BCUT2D eigenvalue weighted by molar-refractivity contribution is -0.138. The molecule has 2 N–H and O–H groups in total. The summed E-state index contributed by atoms with van der Waals surface area (Å²) in [4.78, 5) is -1.19. The topological polar surface area (TPSA) is 60.2 Å². The molecule has 0 atom stereocenters. The van der Waals surface area contributed by atoms with E-state index in [1.54, 1.807) is 0 Å². The number of rotatable bonds is 1. The third-order valence-corrected chi connectivity index (χ3v) is 3.22.